The topological polar surface area (TPSA) is 125 Å². The first-order valence-electron chi connectivity index (χ1n) is 7.80. The van der Waals surface area contributed by atoms with Crippen molar-refractivity contribution in [2.75, 3.05) is 0 Å². The van der Waals surface area contributed by atoms with Gasteiger partial charge in [0.05, 0.1) is 15.7 Å². The number of tetrazole rings is 1. The molecule has 30 heavy (non-hydrogen) atoms. The van der Waals surface area contributed by atoms with Crippen molar-refractivity contribution in [2.24, 2.45) is 7.05 Å². The van der Waals surface area contributed by atoms with Gasteiger partial charge in [-0.25, -0.2) is 9.36 Å². The van der Waals surface area contributed by atoms with E-state index in [4.69, 9.17) is 28.3 Å². The maximum absolute atomic E-state index is 13.0. The summed E-state index contributed by atoms with van der Waals surface area (Å²) in [4.78, 5) is 36.3. The second kappa shape index (κ2) is 7.57. The molecule has 0 fully saturated rings. The molecule has 1 N–H and O–H groups in total. The predicted molar refractivity (Wildman–Crippen MR) is 96.7 cm³/mol. The summed E-state index contributed by atoms with van der Waals surface area (Å²) in [5.74, 6) is -1.39. The van der Waals surface area contributed by atoms with E-state index in [2.05, 4.69) is 15.4 Å². The third-order valence-electron chi connectivity index (χ3n) is 3.86. The number of rotatable bonds is 4. The molecule has 0 saturated carbocycles. The van der Waals surface area contributed by atoms with Crippen LogP contribution in [0.2, 0.25) is 10.0 Å². The third kappa shape index (κ3) is 3.93. The van der Waals surface area contributed by atoms with E-state index in [0.29, 0.717) is 4.57 Å². The number of alkyl halides is 3. The summed E-state index contributed by atoms with van der Waals surface area (Å²) in [7, 11) is 0.852. The molecule has 3 aromatic rings. The van der Waals surface area contributed by atoms with Crippen molar-refractivity contribution in [1.29, 1.82) is 0 Å². The van der Waals surface area contributed by atoms with Crippen molar-refractivity contribution < 1.29 is 23.1 Å². The molecule has 0 spiro atoms. The van der Waals surface area contributed by atoms with Gasteiger partial charge in [-0.05, 0) is 17.3 Å². The van der Waals surface area contributed by atoms with Gasteiger partial charge in [0.1, 0.15) is 5.69 Å². The minimum absolute atomic E-state index is 0.0153. The summed E-state index contributed by atoms with van der Waals surface area (Å²) < 4.78 is 39.8. The quantitative estimate of drug-likeness (QED) is 0.621. The van der Waals surface area contributed by atoms with Crippen LogP contribution in [0.3, 0.4) is 0 Å². The average Bonchev–Trinajstić information content (AvgIpc) is 3.06. The molecule has 0 radical (unpaired) electrons. The van der Waals surface area contributed by atoms with E-state index in [-0.39, 0.29) is 37.8 Å². The second-order valence-electron chi connectivity index (χ2n) is 5.86. The molecule has 0 amide bonds. The molecule has 15 heteroatoms. The minimum Gasteiger partial charge on any atom is -0.480 e. The summed E-state index contributed by atoms with van der Waals surface area (Å²) >= 11 is 12.2. The lowest BCUT2D eigenvalue weighted by Crippen LogP contribution is -2.40. The maximum Gasteiger partial charge on any atom is 0.431 e. The lowest BCUT2D eigenvalue weighted by atomic mass is 10.2. The Labute approximate surface area is 173 Å². The zero-order valence-corrected chi connectivity index (χ0v) is 16.2. The van der Waals surface area contributed by atoms with Crippen molar-refractivity contribution in [3.63, 3.8) is 0 Å². The van der Waals surface area contributed by atoms with Crippen molar-refractivity contribution in [1.82, 2.24) is 29.3 Å². The molecule has 2 aromatic heterocycles. The number of hydrogen-bond donors (Lipinski definition) is 1. The molecular weight excluding hydrogens is 456 g/mol. The number of carboxylic acid groups (broad SMARTS) is 1. The first-order chi connectivity index (χ1) is 13.9. The van der Waals surface area contributed by atoms with Crippen LogP contribution in [0.1, 0.15) is 5.69 Å². The van der Waals surface area contributed by atoms with Gasteiger partial charge in [-0.3, -0.25) is 14.2 Å². The van der Waals surface area contributed by atoms with Crippen LogP contribution in [0, 0.1) is 0 Å². The van der Waals surface area contributed by atoms with E-state index >= 15 is 0 Å². The molecule has 2 heterocycles. The van der Waals surface area contributed by atoms with E-state index in [0.717, 1.165) is 24.0 Å². The number of hydrogen-bond acceptors (Lipinski definition) is 6. The van der Waals surface area contributed by atoms with Crippen LogP contribution >= 0.6 is 23.2 Å². The molecule has 0 aliphatic carbocycles. The molecular formula is C15H9Cl2F3N6O4. The Kier molecular flexibility index (Phi) is 5.43. The van der Waals surface area contributed by atoms with Crippen molar-refractivity contribution in [2.45, 2.75) is 12.7 Å². The van der Waals surface area contributed by atoms with E-state index < -0.39 is 35.6 Å². The number of benzene rings is 1. The largest absolute Gasteiger partial charge is 0.480 e. The number of aromatic nitrogens is 6. The fraction of sp³-hybridized carbons (Fsp3) is 0.200. The van der Waals surface area contributed by atoms with Crippen molar-refractivity contribution in [3.8, 4) is 17.1 Å². The Morgan fingerprint density at radius 3 is 2.43 bits per heavy atom. The van der Waals surface area contributed by atoms with E-state index in [1.807, 2.05) is 0 Å². The van der Waals surface area contributed by atoms with Crippen LogP contribution in [0.25, 0.3) is 17.1 Å². The summed E-state index contributed by atoms with van der Waals surface area (Å²) in [5.41, 5.74) is -4.26. The fourth-order valence-electron chi connectivity index (χ4n) is 2.54. The van der Waals surface area contributed by atoms with E-state index in [1.54, 1.807) is 0 Å². The van der Waals surface area contributed by atoms with Crippen molar-refractivity contribution >= 4 is 29.2 Å². The zero-order chi connectivity index (χ0) is 22.4. The Hall–Kier alpha value is -3.19. The molecule has 1 aromatic carbocycles. The Morgan fingerprint density at radius 2 is 1.83 bits per heavy atom. The third-order valence-corrected chi connectivity index (χ3v) is 4.47. The number of halogens is 5. The van der Waals surface area contributed by atoms with Gasteiger partial charge in [-0.1, -0.05) is 23.2 Å². The second-order valence-corrected chi connectivity index (χ2v) is 6.68. The highest BCUT2D eigenvalue weighted by Gasteiger charge is 2.35. The van der Waals surface area contributed by atoms with Crippen LogP contribution in [-0.2, 0) is 24.6 Å². The number of nitrogens with zero attached hydrogens (tertiary/aromatic N) is 6. The smallest absolute Gasteiger partial charge is 0.431 e. The molecule has 0 aliphatic rings. The summed E-state index contributed by atoms with van der Waals surface area (Å²) in [5, 5.41) is 19.5. The lowest BCUT2D eigenvalue weighted by molar-refractivity contribution is -0.144. The SMILES string of the molecule is Cn1c(C(F)(F)F)cc(=O)n(-c2cc(-c3nnn(CC(=O)O)n3)c(Cl)cc2Cl)c1=O. The molecule has 10 nitrogen and oxygen atoms in total. The van der Waals surface area contributed by atoms with Crippen molar-refractivity contribution in [3.05, 3.63) is 54.8 Å². The van der Waals surface area contributed by atoms with Crippen LogP contribution in [0.15, 0.2) is 27.8 Å². The lowest BCUT2D eigenvalue weighted by Gasteiger charge is -2.15. The minimum atomic E-state index is -4.92. The van der Waals surface area contributed by atoms with Gasteiger partial charge in [-0.2, -0.15) is 18.0 Å². The molecule has 3 rings (SSSR count). The Morgan fingerprint density at radius 1 is 1.17 bits per heavy atom. The molecule has 0 aliphatic heterocycles. The van der Waals surface area contributed by atoms with Gasteiger partial charge >= 0.3 is 17.8 Å². The molecule has 0 unspecified atom stereocenters. The normalized spacial score (nSPS) is 11.7. The highest BCUT2D eigenvalue weighted by molar-refractivity contribution is 6.37. The highest BCUT2D eigenvalue weighted by Crippen LogP contribution is 2.32. The monoisotopic (exact) mass is 464 g/mol. The van der Waals surface area contributed by atoms with E-state index in [9.17, 15) is 27.6 Å². The summed E-state index contributed by atoms with van der Waals surface area (Å²) in [6, 6.07) is 2.51. The van der Waals surface area contributed by atoms with Gasteiger partial charge in [0.25, 0.3) is 5.56 Å². The molecule has 0 saturated heterocycles. The molecule has 158 valence electrons. The molecule has 0 bridgehead atoms. The Balaban J connectivity index is 2.22. The first-order valence-corrected chi connectivity index (χ1v) is 8.55. The number of carbonyl (C=O) groups is 1. The van der Waals surface area contributed by atoms with Crippen LogP contribution in [-0.4, -0.2) is 40.4 Å². The van der Waals surface area contributed by atoms with E-state index in [1.165, 1.54) is 0 Å². The first kappa shape index (κ1) is 21.5. The van der Waals surface area contributed by atoms with Gasteiger partial charge in [-0.15, -0.1) is 10.2 Å². The standard InChI is InChI=1S/C15H9Cl2F3N6O4/c1-24-10(15(18,19)20)4-11(27)26(14(24)30)9-2-6(7(16)3-8(9)17)13-21-23-25(22-13)5-12(28)29/h2-4H,5H2,1H3,(H,28,29). The Bertz CT molecular complexity index is 1280. The predicted octanol–water partition coefficient (Wildman–Crippen LogP) is 1.60. The highest BCUT2D eigenvalue weighted by atomic mass is 35.5. The van der Waals surface area contributed by atoms with Gasteiger partial charge in [0, 0.05) is 18.7 Å². The summed E-state index contributed by atoms with van der Waals surface area (Å²) in [6.45, 7) is -0.593. The van der Waals surface area contributed by atoms with Gasteiger partial charge in [0.15, 0.2) is 6.54 Å². The zero-order valence-electron chi connectivity index (χ0n) is 14.7. The maximum atomic E-state index is 13.0. The van der Waals surface area contributed by atoms with Crippen LogP contribution in [0.4, 0.5) is 13.2 Å². The van der Waals surface area contributed by atoms with Gasteiger partial charge < -0.3 is 5.11 Å². The number of carboxylic acids is 1. The van der Waals surface area contributed by atoms with Crippen LogP contribution < -0.4 is 11.2 Å². The van der Waals surface area contributed by atoms with Crippen LogP contribution in [0.5, 0.6) is 0 Å². The average molecular weight is 465 g/mol. The number of aliphatic carboxylic acids is 1. The summed E-state index contributed by atoms with van der Waals surface area (Å²) in [6.07, 6.45) is -4.92. The fourth-order valence-corrected chi connectivity index (χ4v) is 3.09. The molecule has 0 atom stereocenters. The van der Waals surface area contributed by atoms with Gasteiger partial charge in [0.2, 0.25) is 5.82 Å².